The summed E-state index contributed by atoms with van der Waals surface area (Å²) >= 11 is 0. The molecule has 1 unspecified atom stereocenters. The lowest BCUT2D eigenvalue weighted by Crippen LogP contribution is -2.33. The molecule has 0 saturated heterocycles. The highest BCUT2D eigenvalue weighted by Gasteiger charge is 2.26. The van der Waals surface area contributed by atoms with Gasteiger partial charge in [0.1, 0.15) is 11.6 Å². The van der Waals surface area contributed by atoms with E-state index in [1.54, 1.807) is 0 Å². The van der Waals surface area contributed by atoms with Crippen LogP contribution in [0.4, 0.5) is 4.39 Å². The molecule has 0 aliphatic heterocycles. The first-order valence-electron chi connectivity index (χ1n) is 5.27. The van der Waals surface area contributed by atoms with E-state index >= 15 is 0 Å². The monoisotopic (exact) mass is 257 g/mol. The number of nitrogens with one attached hydrogen (secondary N) is 1. The van der Waals surface area contributed by atoms with Crippen LogP contribution in [0.2, 0.25) is 0 Å². The Morgan fingerprint density at radius 2 is 1.88 bits per heavy atom. The molecule has 0 heterocycles. The zero-order chi connectivity index (χ0) is 12.5. The highest BCUT2D eigenvalue weighted by Crippen LogP contribution is 2.18. The molecule has 0 bridgehead atoms. The average molecular weight is 257 g/mol. The van der Waals surface area contributed by atoms with Gasteiger partial charge in [-0.3, -0.25) is 4.79 Å². The summed E-state index contributed by atoms with van der Waals surface area (Å²) in [7, 11) is -3.65. The van der Waals surface area contributed by atoms with Crippen molar-refractivity contribution in [3.05, 3.63) is 30.1 Å². The number of ketones is 1. The summed E-state index contributed by atoms with van der Waals surface area (Å²) in [5.41, 5.74) is 0. The van der Waals surface area contributed by atoms with E-state index in [-0.39, 0.29) is 23.1 Å². The molecule has 1 aliphatic carbocycles. The SMILES string of the molecule is O=C1CCC(NS(=O)(=O)c2ccc(F)cc2)C1. The van der Waals surface area contributed by atoms with Crippen LogP contribution >= 0.6 is 0 Å². The molecule has 17 heavy (non-hydrogen) atoms. The van der Waals surface area contributed by atoms with Crippen molar-refractivity contribution in [1.29, 1.82) is 0 Å². The van der Waals surface area contributed by atoms with Gasteiger partial charge in [-0.2, -0.15) is 0 Å². The molecule has 0 amide bonds. The van der Waals surface area contributed by atoms with Crippen LogP contribution in [-0.2, 0) is 14.8 Å². The summed E-state index contributed by atoms with van der Waals surface area (Å²) in [5, 5.41) is 0. The van der Waals surface area contributed by atoms with Gasteiger partial charge in [0.05, 0.1) is 4.90 Å². The molecule has 6 heteroatoms. The second-order valence-electron chi connectivity index (χ2n) is 4.05. The lowest BCUT2D eigenvalue weighted by Gasteiger charge is -2.11. The third-order valence-electron chi connectivity index (χ3n) is 2.69. The standard InChI is InChI=1S/C11H12FNO3S/c12-8-1-5-11(6-2-8)17(15,16)13-9-3-4-10(14)7-9/h1-2,5-6,9,13H,3-4,7H2. The molecule has 4 nitrogen and oxygen atoms in total. The van der Waals surface area contributed by atoms with Gasteiger partial charge in [-0.15, -0.1) is 0 Å². The lowest BCUT2D eigenvalue weighted by molar-refractivity contribution is -0.117. The van der Waals surface area contributed by atoms with Crippen LogP contribution in [0.1, 0.15) is 19.3 Å². The summed E-state index contributed by atoms with van der Waals surface area (Å²) in [6.45, 7) is 0. The molecule has 1 aliphatic rings. The number of hydrogen-bond acceptors (Lipinski definition) is 3. The smallest absolute Gasteiger partial charge is 0.240 e. The molecule has 92 valence electrons. The second-order valence-corrected chi connectivity index (χ2v) is 5.77. The molecule has 1 fully saturated rings. The van der Waals surface area contributed by atoms with Crippen LogP contribution < -0.4 is 4.72 Å². The van der Waals surface area contributed by atoms with Crippen LogP contribution in [-0.4, -0.2) is 20.2 Å². The third-order valence-corrected chi connectivity index (χ3v) is 4.23. The number of benzene rings is 1. The van der Waals surface area contributed by atoms with E-state index < -0.39 is 15.8 Å². The number of sulfonamides is 1. The van der Waals surface area contributed by atoms with Gasteiger partial charge in [-0.25, -0.2) is 17.5 Å². The van der Waals surface area contributed by atoms with E-state index in [1.807, 2.05) is 0 Å². The molecule has 1 atom stereocenters. The van der Waals surface area contributed by atoms with Crippen molar-refractivity contribution in [3.8, 4) is 0 Å². The van der Waals surface area contributed by atoms with Crippen molar-refractivity contribution < 1.29 is 17.6 Å². The fourth-order valence-electron chi connectivity index (χ4n) is 1.82. The first kappa shape index (κ1) is 12.2. The average Bonchev–Trinajstić information content (AvgIpc) is 2.63. The zero-order valence-corrected chi connectivity index (χ0v) is 9.84. The predicted molar refractivity (Wildman–Crippen MR) is 59.4 cm³/mol. The molecule has 1 saturated carbocycles. The zero-order valence-electron chi connectivity index (χ0n) is 9.02. The summed E-state index contributed by atoms with van der Waals surface area (Å²) in [4.78, 5) is 11.0. The van der Waals surface area contributed by atoms with Gasteiger partial charge in [-0.05, 0) is 30.7 Å². The maximum absolute atomic E-state index is 12.7. The Hall–Kier alpha value is -1.27. The third kappa shape index (κ3) is 2.89. The van der Waals surface area contributed by atoms with Crippen molar-refractivity contribution in [2.24, 2.45) is 0 Å². The summed E-state index contributed by atoms with van der Waals surface area (Å²) < 4.78 is 38.8. The van der Waals surface area contributed by atoms with Crippen molar-refractivity contribution >= 4 is 15.8 Å². The summed E-state index contributed by atoms with van der Waals surface area (Å²) in [5.74, 6) is -0.420. The summed E-state index contributed by atoms with van der Waals surface area (Å²) in [6.07, 6.45) is 1.18. The predicted octanol–water partition coefficient (Wildman–Crippen LogP) is 1.23. The Morgan fingerprint density at radius 1 is 1.24 bits per heavy atom. The molecule has 1 aromatic carbocycles. The maximum Gasteiger partial charge on any atom is 0.240 e. The number of Topliss-reactive ketones (excluding diaryl/α,β-unsaturated/α-hetero) is 1. The van der Waals surface area contributed by atoms with E-state index in [0.29, 0.717) is 12.8 Å². The second kappa shape index (κ2) is 4.54. The minimum Gasteiger partial charge on any atom is -0.300 e. The highest BCUT2D eigenvalue weighted by molar-refractivity contribution is 7.89. The van der Waals surface area contributed by atoms with Gasteiger partial charge >= 0.3 is 0 Å². The maximum atomic E-state index is 12.7. The summed E-state index contributed by atoms with van der Waals surface area (Å²) in [6, 6.07) is 4.25. The molecular weight excluding hydrogens is 245 g/mol. The van der Waals surface area contributed by atoms with Crippen molar-refractivity contribution in [2.45, 2.75) is 30.2 Å². The van der Waals surface area contributed by atoms with Crippen molar-refractivity contribution in [2.75, 3.05) is 0 Å². The molecule has 1 aromatic rings. The number of halogens is 1. The Labute approximate surface area is 98.9 Å². The van der Waals surface area contributed by atoms with E-state index in [4.69, 9.17) is 0 Å². The number of rotatable bonds is 3. The first-order chi connectivity index (χ1) is 7.97. The van der Waals surface area contributed by atoms with Crippen LogP contribution in [0.15, 0.2) is 29.2 Å². The topological polar surface area (TPSA) is 63.2 Å². The van der Waals surface area contributed by atoms with Crippen molar-refractivity contribution in [3.63, 3.8) is 0 Å². The lowest BCUT2D eigenvalue weighted by atomic mass is 10.3. The quantitative estimate of drug-likeness (QED) is 0.885. The highest BCUT2D eigenvalue weighted by atomic mass is 32.2. The molecule has 2 rings (SSSR count). The number of carbonyl (C=O) groups is 1. The molecular formula is C11H12FNO3S. The van der Waals surface area contributed by atoms with Crippen molar-refractivity contribution in [1.82, 2.24) is 4.72 Å². The Bertz CT molecular complexity index is 524. The van der Waals surface area contributed by atoms with Crippen LogP contribution in [0.25, 0.3) is 0 Å². The van der Waals surface area contributed by atoms with E-state index in [9.17, 15) is 17.6 Å². The molecule has 0 radical (unpaired) electrons. The fourth-order valence-corrected chi connectivity index (χ4v) is 3.09. The minimum absolute atomic E-state index is 0.0123. The Kier molecular flexibility index (Phi) is 3.26. The van der Waals surface area contributed by atoms with Crippen LogP contribution in [0.5, 0.6) is 0 Å². The van der Waals surface area contributed by atoms with Gasteiger partial charge in [0.15, 0.2) is 0 Å². The van der Waals surface area contributed by atoms with Gasteiger partial charge in [-0.1, -0.05) is 0 Å². The van der Waals surface area contributed by atoms with E-state index in [0.717, 1.165) is 12.1 Å². The first-order valence-corrected chi connectivity index (χ1v) is 6.75. The molecule has 0 aromatic heterocycles. The van der Waals surface area contributed by atoms with E-state index in [1.165, 1.54) is 12.1 Å². The normalized spacial score (nSPS) is 20.8. The Morgan fingerprint density at radius 3 is 2.41 bits per heavy atom. The number of hydrogen-bond donors (Lipinski definition) is 1. The van der Waals surface area contributed by atoms with Gasteiger partial charge in [0, 0.05) is 18.9 Å². The fraction of sp³-hybridized carbons (Fsp3) is 0.364. The molecule has 0 spiro atoms. The number of carbonyl (C=O) groups excluding carboxylic acids is 1. The van der Waals surface area contributed by atoms with Crippen LogP contribution in [0, 0.1) is 5.82 Å². The van der Waals surface area contributed by atoms with Gasteiger partial charge < -0.3 is 0 Å². The van der Waals surface area contributed by atoms with E-state index in [2.05, 4.69) is 4.72 Å². The van der Waals surface area contributed by atoms with Crippen LogP contribution in [0.3, 0.4) is 0 Å². The minimum atomic E-state index is -3.65. The molecule has 1 N–H and O–H groups in total. The largest absolute Gasteiger partial charge is 0.300 e. The Balaban J connectivity index is 2.14. The van der Waals surface area contributed by atoms with Gasteiger partial charge in [0.25, 0.3) is 0 Å². The van der Waals surface area contributed by atoms with Gasteiger partial charge in [0.2, 0.25) is 10.0 Å².